The molecule has 0 aliphatic carbocycles. The zero-order chi connectivity index (χ0) is 24.1. The van der Waals surface area contributed by atoms with Crippen LogP contribution in [0.25, 0.3) is 5.57 Å². The lowest BCUT2D eigenvalue weighted by Crippen LogP contribution is -2.56. The first-order valence-electron chi connectivity index (χ1n) is 11.4. The van der Waals surface area contributed by atoms with E-state index >= 15 is 0 Å². The van der Waals surface area contributed by atoms with Crippen LogP contribution in [0, 0.1) is 0 Å². The van der Waals surface area contributed by atoms with E-state index in [0.717, 1.165) is 11.1 Å². The molecular formula is C25H30N4O5. The molecule has 3 heterocycles. The van der Waals surface area contributed by atoms with Gasteiger partial charge in [-0.3, -0.25) is 0 Å². The Morgan fingerprint density at radius 1 is 1.03 bits per heavy atom. The van der Waals surface area contributed by atoms with Crippen molar-refractivity contribution in [2.45, 2.75) is 45.5 Å². The minimum atomic E-state index is -0.530. The second-order valence-corrected chi connectivity index (χ2v) is 9.30. The number of likely N-dealkylation sites (tertiary alicyclic amines) is 1. The Morgan fingerprint density at radius 3 is 2.44 bits per heavy atom. The normalized spacial score (nSPS) is 16.4. The maximum absolute atomic E-state index is 12.3. The van der Waals surface area contributed by atoms with Gasteiger partial charge in [-0.1, -0.05) is 36.4 Å². The van der Waals surface area contributed by atoms with Crippen LogP contribution in [-0.4, -0.2) is 69.8 Å². The number of carbonyl (C=O) groups is 2. The van der Waals surface area contributed by atoms with Gasteiger partial charge >= 0.3 is 12.2 Å². The van der Waals surface area contributed by atoms with Gasteiger partial charge in [-0.25, -0.2) is 19.6 Å². The van der Waals surface area contributed by atoms with Crippen molar-refractivity contribution >= 4 is 17.8 Å². The van der Waals surface area contributed by atoms with Crippen molar-refractivity contribution in [1.82, 2.24) is 19.8 Å². The summed E-state index contributed by atoms with van der Waals surface area (Å²) in [5, 5.41) is 0. The topological polar surface area (TPSA) is 94.1 Å². The Hall–Kier alpha value is -3.62. The minimum absolute atomic E-state index is 0.179. The molecule has 0 atom stereocenters. The fourth-order valence-corrected chi connectivity index (χ4v) is 3.64. The first kappa shape index (κ1) is 23.5. The summed E-state index contributed by atoms with van der Waals surface area (Å²) >= 11 is 0. The predicted molar refractivity (Wildman–Crippen MR) is 125 cm³/mol. The average molecular weight is 467 g/mol. The molecule has 2 aliphatic rings. The Labute approximate surface area is 199 Å². The van der Waals surface area contributed by atoms with Crippen LogP contribution in [0.2, 0.25) is 0 Å². The van der Waals surface area contributed by atoms with Gasteiger partial charge in [0.15, 0.2) is 0 Å². The zero-order valence-electron chi connectivity index (χ0n) is 19.8. The SMILES string of the molecule is CC(C)(C)OC(=O)N1CC=C(c2nccnc2OC2CN(C(=O)OCc3ccccc3)C2)CC1. The quantitative estimate of drug-likeness (QED) is 0.660. The molecule has 180 valence electrons. The molecule has 2 aromatic rings. The molecule has 9 heteroatoms. The van der Waals surface area contributed by atoms with Crippen LogP contribution in [0.15, 0.2) is 48.8 Å². The average Bonchev–Trinajstić information content (AvgIpc) is 2.79. The summed E-state index contributed by atoms with van der Waals surface area (Å²) in [6.07, 6.45) is 4.92. The second-order valence-electron chi connectivity index (χ2n) is 9.30. The lowest BCUT2D eigenvalue weighted by molar-refractivity contribution is 0.00644. The van der Waals surface area contributed by atoms with Crippen molar-refractivity contribution in [3.8, 4) is 5.88 Å². The van der Waals surface area contributed by atoms with Crippen LogP contribution in [-0.2, 0) is 16.1 Å². The highest BCUT2D eigenvalue weighted by molar-refractivity contribution is 5.73. The number of hydrogen-bond donors (Lipinski definition) is 0. The van der Waals surface area contributed by atoms with E-state index in [-0.39, 0.29) is 24.9 Å². The van der Waals surface area contributed by atoms with E-state index in [9.17, 15) is 9.59 Å². The zero-order valence-corrected chi connectivity index (χ0v) is 19.8. The molecule has 0 N–H and O–H groups in total. The molecule has 0 unspecified atom stereocenters. The van der Waals surface area contributed by atoms with Crippen molar-refractivity contribution in [1.29, 1.82) is 0 Å². The number of amides is 2. The van der Waals surface area contributed by atoms with Gasteiger partial charge in [0.25, 0.3) is 0 Å². The van der Waals surface area contributed by atoms with Gasteiger partial charge in [-0.2, -0.15) is 0 Å². The van der Waals surface area contributed by atoms with Crippen LogP contribution in [0.4, 0.5) is 9.59 Å². The largest absolute Gasteiger partial charge is 0.469 e. The number of hydrogen-bond acceptors (Lipinski definition) is 7. The van der Waals surface area contributed by atoms with Gasteiger partial charge in [0.05, 0.1) is 13.1 Å². The van der Waals surface area contributed by atoms with Gasteiger partial charge in [0.1, 0.15) is 24.0 Å². The molecule has 1 saturated heterocycles. The molecule has 0 spiro atoms. The van der Waals surface area contributed by atoms with Crippen molar-refractivity contribution in [2.24, 2.45) is 0 Å². The fraction of sp³-hybridized carbons (Fsp3) is 0.440. The van der Waals surface area contributed by atoms with Gasteiger partial charge in [-0.15, -0.1) is 0 Å². The van der Waals surface area contributed by atoms with Gasteiger partial charge in [-0.05, 0) is 38.3 Å². The van der Waals surface area contributed by atoms with E-state index < -0.39 is 5.60 Å². The Balaban J connectivity index is 1.29. The third-order valence-electron chi connectivity index (χ3n) is 5.42. The van der Waals surface area contributed by atoms with E-state index in [0.29, 0.717) is 44.2 Å². The molecule has 0 radical (unpaired) electrons. The van der Waals surface area contributed by atoms with Crippen molar-refractivity contribution < 1.29 is 23.8 Å². The molecule has 2 amide bonds. The highest BCUT2D eigenvalue weighted by Crippen LogP contribution is 2.29. The van der Waals surface area contributed by atoms with Crippen molar-refractivity contribution in [3.63, 3.8) is 0 Å². The molecule has 9 nitrogen and oxygen atoms in total. The standard InChI is InChI=1S/C25H30N4O5/c1-25(2,3)34-24(31)28-13-9-19(10-14-28)21-22(27-12-11-26-21)33-20-15-29(16-20)23(30)32-17-18-7-5-4-6-8-18/h4-9,11-12,20H,10,13-17H2,1-3H3. The van der Waals surface area contributed by atoms with Gasteiger partial charge in [0, 0.05) is 25.5 Å². The number of benzene rings is 1. The van der Waals surface area contributed by atoms with Crippen molar-refractivity contribution in [3.05, 3.63) is 60.1 Å². The summed E-state index contributed by atoms with van der Waals surface area (Å²) in [4.78, 5) is 36.6. The first-order chi connectivity index (χ1) is 16.3. The number of carbonyl (C=O) groups excluding carboxylic acids is 2. The lowest BCUT2D eigenvalue weighted by atomic mass is 10.0. The summed E-state index contributed by atoms with van der Waals surface area (Å²) in [7, 11) is 0. The van der Waals surface area contributed by atoms with Crippen LogP contribution in [0.3, 0.4) is 0 Å². The number of aromatic nitrogens is 2. The third-order valence-corrected chi connectivity index (χ3v) is 5.42. The molecule has 2 aliphatic heterocycles. The molecule has 1 aromatic heterocycles. The smallest absolute Gasteiger partial charge is 0.410 e. The molecule has 1 fully saturated rings. The summed E-state index contributed by atoms with van der Waals surface area (Å²) in [5.74, 6) is 0.432. The third kappa shape index (κ3) is 6.03. The minimum Gasteiger partial charge on any atom is -0.469 e. The molecule has 0 saturated carbocycles. The highest BCUT2D eigenvalue weighted by atomic mass is 16.6. The summed E-state index contributed by atoms with van der Waals surface area (Å²) in [5.41, 5.74) is 2.05. The van der Waals surface area contributed by atoms with Gasteiger partial charge in [0.2, 0.25) is 5.88 Å². The van der Waals surface area contributed by atoms with E-state index in [4.69, 9.17) is 14.2 Å². The van der Waals surface area contributed by atoms with Crippen LogP contribution in [0.1, 0.15) is 38.4 Å². The summed E-state index contributed by atoms with van der Waals surface area (Å²) in [6, 6.07) is 9.57. The van der Waals surface area contributed by atoms with Crippen LogP contribution >= 0.6 is 0 Å². The Kier molecular flexibility index (Phi) is 7.00. The molecule has 0 bridgehead atoms. The second kappa shape index (κ2) is 10.1. The number of nitrogens with zero attached hydrogens (tertiary/aromatic N) is 4. The summed E-state index contributed by atoms with van der Waals surface area (Å²) < 4.78 is 16.9. The maximum Gasteiger partial charge on any atom is 0.410 e. The summed E-state index contributed by atoms with van der Waals surface area (Å²) in [6.45, 7) is 7.61. The molecule has 4 rings (SSSR count). The van der Waals surface area contributed by atoms with E-state index in [1.807, 2.05) is 57.2 Å². The highest BCUT2D eigenvalue weighted by Gasteiger charge is 2.34. The van der Waals surface area contributed by atoms with E-state index in [2.05, 4.69) is 9.97 Å². The number of rotatable bonds is 5. The Morgan fingerprint density at radius 2 is 1.76 bits per heavy atom. The molecular weight excluding hydrogens is 436 g/mol. The maximum atomic E-state index is 12.3. The van der Waals surface area contributed by atoms with E-state index in [1.165, 1.54) is 0 Å². The predicted octanol–water partition coefficient (Wildman–Crippen LogP) is 3.90. The molecule has 34 heavy (non-hydrogen) atoms. The van der Waals surface area contributed by atoms with Crippen LogP contribution in [0.5, 0.6) is 5.88 Å². The van der Waals surface area contributed by atoms with Crippen molar-refractivity contribution in [2.75, 3.05) is 26.2 Å². The number of ether oxygens (including phenoxy) is 3. The fourth-order valence-electron chi connectivity index (χ4n) is 3.64. The van der Waals surface area contributed by atoms with Gasteiger partial charge < -0.3 is 24.0 Å². The van der Waals surface area contributed by atoms with E-state index in [1.54, 1.807) is 22.2 Å². The van der Waals surface area contributed by atoms with Crippen LogP contribution < -0.4 is 4.74 Å². The monoisotopic (exact) mass is 466 g/mol. The molecule has 1 aromatic carbocycles. The Bertz CT molecular complexity index is 1040. The lowest BCUT2D eigenvalue weighted by Gasteiger charge is -2.38. The first-order valence-corrected chi connectivity index (χ1v) is 11.4.